The maximum atomic E-state index is 13.0. The Hall–Kier alpha value is -1.98. The number of thiazole rings is 1. The number of rotatable bonds is 5. The van der Waals surface area contributed by atoms with Gasteiger partial charge in [0.05, 0.1) is 27.3 Å². The lowest BCUT2D eigenvalue weighted by molar-refractivity contribution is -0.0440. The lowest BCUT2D eigenvalue weighted by atomic mass is 10.2. The van der Waals surface area contributed by atoms with Crippen molar-refractivity contribution in [3.63, 3.8) is 0 Å². The molecule has 2 atom stereocenters. The zero-order valence-corrected chi connectivity index (χ0v) is 19.8. The van der Waals surface area contributed by atoms with E-state index in [1.165, 1.54) is 39.9 Å². The van der Waals surface area contributed by atoms with Gasteiger partial charge in [-0.25, -0.2) is 13.4 Å². The Labute approximate surface area is 189 Å². The number of hydrogen-bond acceptors (Lipinski definition) is 7. The molecule has 0 spiro atoms. The third-order valence-corrected chi connectivity index (χ3v) is 8.46. The largest absolute Gasteiger partial charge is 0.373 e. The van der Waals surface area contributed by atoms with Crippen molar-refractivity contribution in [3.8, 4) is 0 Å². The molecule has 1 aliphatic rings. The van der Waals surface area contributed by atoms with E-state index in [0.717, 1.165) is 15.1 Å². The minimum absolute atomic E-state index is 0.162. The van der Waals surface area contributed by atoms with Crippen LogP contribution in [-0.4, -0.2) is 55.2 Å². The maximum Gasteiger partial charge on any atom is 0.257 e. The third kappa shape index (κ3) is 4.78. The molecule has 2 aromatic carbocycles. The molecule has 1 aliphatic heterocycles. The van der Waals surface area contributed by atoms with E-state index in [-0.39, 0.29) is 23.0 Å². The lowest BCUT2D eigenvalue weighted by Gasteiger charge is -2.34. The number of morpholine rings is 1. The van der Waals surface area contributed by atoms with Crippen molar-refractivity contribution in [1.29, 1.82) is 0 Å². The molecule has 31 heavy (non-hydrogen) atoms. The molecule has 1 aromatic heterocycles. The Bertz CT molecular complexity index is 1200. The number of aromatic nitrogens is 1. The van der Waals surface area contributed by atoms with E-state index in [4.69, 9.17) is 4.74 Å². The average molecular weight is 478 g/mol. The minimum Gasteiger partial charge on any atom is -0.373 e. The van der Waals surface area contributed by atoms with Gasteiger partial charge in [-0.3, -0.25) is 10.1 Å². The van der Waals surface area contributed by atoms with Crippen molar-refractivity contribution in [2.75, 3.05) is 24.7 Å². The lowest BCUT2D eigenvalue weighted by Crippen LogP contribution is -2.48. The number of nitrogens with zero attached hydrogens (tertiary/aromatic N) is 2. The van der Waals surface area contributed by atoms with Crippen LogP contribution < -0.4 is 5.32 Å². The van der Waals surface area contributed by atoms with Gasteiger partial charge in [-0.05, 0) is 62.6 Å². The van der Waals surface area contributed by atoms with Crippen molar-refractivity contribution in [1.82, 2.24) is 9.29 Å². The molecule has 4 rings (SSSR count). The van der Waals surface area contributed by atoms with Crippen molar-refractivity contribution < 1.29 is 17.9 Å². The maximum absolute atomic E-state index is 13.0. The van der Waals surface area contributed by atoms with Gasteiger partial charge in [0.15, 0.2) is 5.13 Å². The first kappa shape index (κ1) is 22.2. The zero-order valence-electron chi connectivity index (χ0n) is 17.4. The van der Waals surface area contributed by atoms with E-state index in [9.17, 15) is 13.2 Å². The summed E-state index contributed by atoms with van der Waals surface area (Å²) in [6.07, 6.45) is 1.68. The van der Waals surface area contributed by atoms with Crippen LogP contribution in [0.1, 0.15) is 24.2 Å². The third-order valence-electron chi connectivity index (χ3n) is 4.96. The summed E-state index contributed by atoms with van der Waals surface area (Å²) in [5, 5.41) is 3.31. The summed E-state index contributed by atoms with van der Waals surface area (Å²) in [5.41, 5.74) is 1.19. The monoisotopic (exact) mass is 477 g/mol. The molecule has 2 heterocycles. The Kier molecular flexibility index (Phi) is 6.36. The van der Waals surface area contributed by atoms with Crippen LogP contribution in [-0.2, 0) is 14.8 Å². The van der Waals surface area contributed by atoms with Crippen LogP contribution in [0.5, 0.6) is 0 Å². The summed E-state index contributed by atoms with van der Waals surface area (Å²) < 4.78 is 34.0. The molecule has 10 heteroatoms. The molecule has 2 unspecified atom stereocenters. The molecule has 7 nitrogen and oxygen atoms in total. The fourth-order valence-electron chi connectivity index (χ4n) is 3.51. The van der Waals surface area contributed by atoms with Gasteiger partial charge in [-0.15, -0.1) is 11.8 Å². The van der Waals surface area contributed by atoms with Crippen LogP contribution >= 0.6 is 23.1 Å². The molecule has 0 aliphatic carbocycles. The van der Waals surface area contributed by atoms with Crippen LogP contribution in [0.3, 0.4) is 0 Å². The highest BCUT2D eigenvalue weighted by Crippen LogP contribution is 2.30. The molecule has 164 valence electrons. The Morgan fingerprint density at radius 3 is 2.48 bits per heavy atom. The summed E-state index contributed by atoms with van der Waals surface area (Å²) in [6, 6.07) is 12.0. The number of thioether (sulfide) groups is 1. The quantitative estimate of drug-likeness (QED) is 0.558. The number of nitrogens with one attached hydrogen (secondary N) is 1. The molecular weight excluding hydrogens is 454 g/mol. The SMILES string of the molecule is CSc1ccc2nc(NC(=O)c3ccc(S(=O)(=O)N4CC(C)OC(C)C4)cc3)sc2c1. The molecular formula is C21H23N3O4S3. The summed E-state index contributed by atoms with van der Waals surface area (Å²) in [6.45, 7) is 4.33. The normalized spacial score (nSPS) is 20.1. The number of carbonyl (C=O) groups excluding carboxylic acids is 1. The van der Waals surface area contributed by atoms with Crippen LogP contribution in [0.4, 0.5) is 5.13 Å². The van der Waals surface area contributed by atoms with Gasteiger partial charge in [-0.1, -0.05) is 11.3 Å². The van der Waals surface area contributed by atoms with E-state index in [0.29, 0.717) is 23.8 Å². The van der Waals surface area contributed by atoms with Crippen molar-refractivity contribution in [2.45, 2.75) is 35.8 Å². The second-order valence-corrected chi connectivity index (χ2v) is 11.3. The fourth-order valence-corrected chi connectivity index (χ4v) is 6.51. The number of hydrogen-bond donors (Lipinski definition) is 1. The number of sulfonamides is 1. The number of ether oxygens (including phenoxy) is 1. The molecule has 1 fully saturated rings. The number of carbonyl (C=O) groups is 1. The molecule has 3 aromatic rings. The molecule has 0 saturated carbocycles. The van der Waals surface area contributed by atoms with Crippen LogP contribution in [0.2, 0.25) is 0 Å². The first-order chi connectivity index (χ1) is 14.8. The van der Waals surface area contributed by atoms with Gasteiger partial charge in [0.2, 0.25) is 10.0 Å². The van der Waals surface area contributed by atoms with E-state index in [1.54, 1.807) is 11.8 Å². The van der Waals surface area contributed by atoms with Gasteiger partial charge < -0.3 is 4.74 Å². The summed E-state index contributed by atoms with van der Waals surface area (Å²) in [7, 11) is -3.64. The predicted molar refractivity (Wildman–Crippen MR) is 125 cm³/mol. The smallest absolute Gasteiger partial charge is 0.257 e. The van der Waals surface area contributed by atoms with E-state index < -0.39 is 10.0 Å². The molecule has 1 N–H and O–H groups in total. The average Bonchev–Trinajstić information content (AvgIpc) is 3.14. The van der Waals surface area contributed by atoms with Gasteiger partial charge in [-0.2, -0.15) is 4.31 Å². The van der Waals surface area contributed by atoms with Crippen molar-refractivity contribution in [2.24, 2.45) is 0 Å². The number of anilines is 1. The van der Waals surface area contributed by atoms with Crippen molar-refractivity contribution >= 4 is 54.4 Å². The Morgan fingerprint density at radius 1 is 1.16 bits per heavy atom. The topological polar surface area (TPSA) is 88.6 Å². The fraction of sp³-hybridized carbons (Fsp3) is 0.333. The van der Waals surface area contributed by atoms with Gasteiger partial charge >= 0.3 is 0 Å². The van der Waals surface area contributed by atoms with E-state index in [2.05, 4.69) is 10.3 Å². The van der Waals surface area contributed by atoms with E-state index >= 15 is 0 Å². The highest BCUT2D eigenvalue weighted by molar-refractivity contribution is 7.98. The summed E-state index contributed by atoms with van der Waals surface area (Å²) in [5.74, 6) is -0.332. The Balaban J connectivity index is 1.49. The second-order valence-electron chi connectivity index (χ2n) is 7.41. The summed E-state index contributed by atoms with van der Waals surface area (Å²) in [4.78, 5) is 18.4. The first-order valence-electron chi connectivity index (χ1n) is 9.78. The standard InChI is InChI=1S/C21H23N3O4S3/c1-13-11-24(12-14(2)28-13)31(26,27)17-7-4-15(5-8-17)20(25)23-21-22-18-9-6-16(29-3)10-19(18)30-21/h4-10,13-14H,11-12H2,1-3H3,(H,22,23,25). The van der Waals surface area contributed by atoms with E-state index in [1.807, 2.05) is 38.3 Å². The van der Waals surface area contributed by atoms with Gasteiger partial charge in [0.25, 0.3) is 5.91 Å². The predicted octanol–water partition coefficient (Wildman–Crippen LogP) is 4.07. The number of fused-ring (bicyclic) bond motifs is 1. The summed E-state index contributed by atoms with van der Waals surface area (Å²) >= 11 is 3.05. The van der Waals surface area contributed by atoms with Crippen LogP contribution in [0.15, 0.2) is 52.3 Å². The molecule has 1 amide bonds. The molecule has 0 bridgehead atoms. The van der Waals surface area contributed by atoms with Crippen LogP contribution in [0.25, 0.3) is 10.2 Å². The zero-order chi connectivity index (χ0) is 22.2. The number of amides is 1. The van der Waals surface area contributed by atoms with Crippen LogP contribution in [0, 0.1) is 0 Å². The Morgan fingerprint density at radius 2 is 1.84 bits per heavy atom. The van der Waals surface area contributed by atoms with Gasteiger partial charge in [0.1, 0.15) is 0 Å². The van der Waals surface area contributed by atoms with Crippen molar-refractivity contribution in [3.05, 3.63) is 48.0 Å². The highest BCUT2D eigenvalue weighted by Gasteiger charge is 2.32. The first-order valence-corrected chi connectivity index (χ1v) is 13.3. The number of benzene rings is 2. The molecule has 0 radical (unpaired) electrons. The molecule has 1 saturated heterocycles. The van der Waals surface area contributed by atoms with Gasteiger partial charge in [0, 0.05) is 23.5 Å². The highest BCUT2D eigenvalue weighted by atomic mass is 32.2. The second kappa shape index (κ2) is 8.87. The minimum atomic E-state index is -3.64.